The quantitative estimate of drug-likeness (QED) is 0.482. The number of carbonyl (C=O) groups excluding carboxylic acids is 1. The van der Waals surface area contributed by atoms with E-state index in [1.165, 1.54) is 32.4 Å². The van der Waals surface area contributed by atoms with Gasteiger partial charge in [-0.3, -0.25) is 0 Å². The molecule has 0 radical (unpaired) electrons. The number of carbonyl (C=O) groups is 1. The number of sulfonamides is 1. The second-order valence-electron chi connectivity index (χ2n) is 5.62. The van der Waals surface area contributed by atoms with Crippen LogP contribution < -0.4 is 14.9 Å². The number of hydrogen-bond acceptors (Lipinski definition) is 10. The zero-order chi connectivity index (χ0) is 21.4. The Hall–Kier alpha value is -3.35. The van der Waals surface area contributed by atoms with E-state index in [9.17, 15) is 13.2 Å². The molecule has 0 unspecified atom stereocenters. The summed E-state index contributed by atoms with van der Waals surface area (Å²) in [4.78, 5) is 24.7. The first-order valence-corrected chi connectivity index (χ1v) is 9.78. The third kappa shape index (κ3) is 5.81. The van der Waals surface area contributed by atoms with Gasteiger partial charge >= 0.3 is 12.1 Å². The van der Waals surface area contributed by atoms with Gasteiger partial charge in [0.1, 0.15) is 36.9 Å². The van der Waals surface area contributed by atoms with Crippen molar-refractivity contribution in [3.63, 3.8) is 0 Å². The largest absolute Gasteiger partial charge is 0.486 e. The smallest absolute Gasteiger partial charge is 0.347 e. The minimum atomic E-state index is -4.25. The molecule has 1 aliphatic heterocycles. The fraction of sp³-hybridized carbons (Fsp3) is 0.375. The summed E-state index contributed by atoms with van der Waals surface area (Å²) in [6.45, 7) is 3.41. The van der Waals surface area contributed by atoms with Crippen LogP contribution in [-0.4, -0.2) is 64.5 Å². The van der Waals surface area contributed by atoms with Crippen molar-refractivity contribution in [3.8, 4) is 5.75 Å². The minimum Gasteiger partial charge on any atom is -0.486 e. The first-order chi connectivity index (χ1) is 13.8. The van der Waals surface area contributed by atoms with Gasteiger partial charge in [-0.25, -0.2) is 33.3 Å². The van der Waals surface area contributed by atoms with E-state index in [2.05, 4.69) is 25.4 Å². The SMILES string of the molecule is CO/N=C(/C)COc1ccccc1S(=O)(=O)NC(=O)NN1C(C)=NCN=C1OC. The molecule has 0 saturated carbocycles. The molecule has 158 valence electrons. The number of nitrogens with zero attached hydrogens (tertiary/aromatic N) is 4. The predicted octanol–water partition coefficient (Wildman–Crippen LogP) is 0.685. The molecule has 0 aliphatic carbocycles. The Morgan fingerprint density at radius 3 is 2.69 bits per heavy atom. The van der Waals surface area contributed by atoms with E-state index >= 15 is 0 Å². The number of urea groups is 1. The van der Waals surface area contributed by atoms with Gasteiger partial charge in [0.15, 0.2) is 0 Å². The molecule has 0 saturated heterocycles. The summed E-state index contributed by atoms with van der Waals surface area (Å²) in [6.07, 6.45) is 0. The topological polar surface area (TPSA) is 143 Å². The molecule has 1 aromatic carbocycles. The normalized spacial score (nSPS) is 14.5. The van der Waals surface area contributed by atoms with Gasteiger partial charge in [0.2, 0.25) is 0 Å². The van der Waals surface area contributed by atoms with Crippen LogP contribution in [0.3, 0.4) is 0 Å². The summed E-state index contributed by atoms with van der Waals surface area (Å²) in [5.74, 6) is 0.425. The van der Waals surface area contributed by atoms with E-state index in [0.717, 1.165) is 5.01 Å². The van der Waals surface area contributed by atoms with Gasteiger partial charge in [-0.15, -0.1) is 0 Å². The number of amidine groups is 2. The van der Waals surface area contributed by atoms with Gasteiger partial charge in [0.25, 0.3) is 10.0 Å². The first-order valence-electron chi connectivity index (χ1n) is 8.30. The molecule has 12 nitrogen and oxygen atoms in total. The number of hydrogen-bond donors (Lipinski definition) is 2. The Bertz CT molecular complexity index is 943. The molecule has 1 aliphatic rings. The highest BCUT2D eigenvalue weighted by Gasteiger charge is 2.26. The molecule has 0 spiro atoms. The summed E-state index contributed by atoms with van der Waals surface area (Å²) >= 11 is 0. The molecule has 0 atom stereocenters. The molecule has 2 amide bonds. The van der Waals surface area contributed by atoms with E-state index < -0.39 is 16.1 Å². The predicted molar refractivity (Wildman–Crippen MR) is 105 cm³/mol. The second kappa shape index (κ2) is 9.73. The van der Waals surface area contributed by atoms with Crippen LogP contribution in [0.2, 0.25) is 0 Å². The zero-order valence-corrected chi connectivity index (χ0v) is 17.2. The standard InChI is InChI=1S/C16H22N6O6S/c1-11(20-27-4)9-28-13-7-5-6-8-14(13)29(24,25)21-15(23)19-22-12(2)17-10-18-16(22)26-3/h5-8H,9-10H2,1-4H3,(H2,19,21,23)/b20-11-. The maximum Gasteiger partial charge on any atom is 0.347 e. The third-order valence-electron chi connectivity index (χ3n) is 3.47. The molecule has 1 aromatic rings. The van der Waals surface area contributed by atoms with Gasteiger partial charge in [-0.05, 0) is 26.0 Å². The molecule has 1 heterocycles. The van der Waals surface area contributed by atoms with Crippen molar-refractivity contribution in [1.82, 2.24) is 15.2 Å². The maximum absolute atomic E-state index is 12.7. The number of hydrazine groups is 1. The lowest BCUT2D eigenvalue weighted by molar-refractivity contribution is 0.209. The van der Waals surface area contributed by atoms with Crippen LogP contribution in [-0.2, 0) is 19.6 Å². The Morgan fingerprint density at radius 1 is 1.28 bits per heavy atom. The van der Waals surface area contributed by atoms with Crippen LogP contribution in [0.15, 0.2) is 44.3 Å². The Kier molecular flexibility index (Phi) is 7.36. The van der Waals surface area contributed by atoms with E-state index in [1.54, 1.807) is 19.9 Å². The van der Waals surface area contributed by atoms with Crippen molar-refractivity contribution < 1.29 is 27.5 Å². The number of ether oxygens (including phenoxy) is 2. The van der Waals surface area contributed by atoms with E-state index in [1.807, 2.05) is 4.72 Å². The molecule has 2 N–H and O–H groups in total. The summed E-state index contributed by atoms with van der Waals surface area (Å²) in [6, 6.07) is 4.92. The average Bonchev–Trinajstić information content (AvgIpc) is 2.68. The third-order valence-corrected chi connectivity index (χ3v) is 4.84. The highest BCUT2D eigenvalue weighted by molar-refractivity contribution is 7.90. The van der Waals surface area contributed by atoms with E-state index in [4.69, 9.17) is 9.47 Å². The fourth-order valence-corrected chi connectivity index (χ4v) is 3.27. The second-order valence-corrected chi connectivity index (χ2v) is 7.27. The van der Waals surface area contributed by atoms with Gasteiger partial charge < -0.3 is 14.3 Å². The summed E-state index contributed by atoms with van der Waals surface area (Å²) in [7, 11) is -1.50. The van der Waals surface area contributed by atoms with Crippen LogP contribution in [0.1, 0.15) is 13.8 Å². The van der Waals surface area contributed by atoms with Crippen molar-refractivity contribution in [2.75, 3.05) is 27.5 Å². The maximum atomic E-state index is 12.7. The van der Waals surface area contributed by atoms with Gasteiger partial charge in [0.05, 0.1) is 12.8 Å². The summed E-state index contributed by atoms with van der Waals surface area (Å²) in [5.41, 5.74) is 2.82. The van der Waals surface area contributed by atoms with Crippen LogP contribution in [0.25, 0.3) is 0 Å². The van der Waals surface area contributed by atoms with Crippen molar-refractivity contribution in [3.05, 3.63) is 24.3 Å². The first kappa shape index (κ1) is 21.9. The van der Waals surface area contributed by atoms with E-state index in [-0.39, 0.29) is 29.9 Å². The number of methoxy groups -OCH3 is 1. The van der Waals surface area contributed by atoms with Crippen LogP contribution >= 0.6 is 0 Å². The summed E-state index contributed by atoms with van der Waals surface area (Å²) in [5, 5.41) is 4.82. The van der Waals surface area contributed by atoms with Crippen molar-refractivity contribution >= 4 is 33.6 Å². The Labute approximate surface area is 168 Å². The summed E-state index contributed by atoms with van der Waals surface area (Å²) < 4.78 is 37.8. The Balaban J connectivity index is 2.14. The molecule has 2 rings (SSSR count). The zero-order valence-electron chi connectivity index (χ0n) is 16.4. The van der Waals surface area contributed by atoms with Crippen LogP contribution in [0.4, 0.5) is 4.79 Å². The molecule has 0 fully saturated rings. The van der Waals surface area contributed by atoms with Gasteiger partial charge in [0, 0.05) is 0 Å². The van der Waals surface area contributed by atoms with Gasteiger partial charge in [-0.2, -0.15) is 5.01 Å². The number of oxime groups is 1. The lowest BCUT2D eigenvalue weighted by Gasteiger charge is -2.26. The number of amides is 2. The fourth-order valence-electron chi connectivity index (χ4n) is 2.22. The van der Waals surface area contributed by atoms with Gasteiger partial charge in [-0.1, -0.05) is 17.3 Å². The number of para-hydroxylation sites is 1. The number of aliphatic imine (C=N–C) groups is 2. The molecule has 29 heavy (non-hydrogen) atoms. The number of benzene rings is 1. The molecular formula is C16H22N6O6S. The lowest BCUT2D eigenvalue weighted by atomic mass is 10.3. The van der Waals surface area contributed by atoms with Crippen molar-refractivity contribution in [2.45, 2.75) is 18.7 Å². The van der Waals surface area contributed by atoms with Crippen molar-refractivity contribution in [1.29, 1.82) is 0 Å². The van der Waals surface area contributed by atoms with Crippen LogP contribution in [0, 0.1) is 0 Å². The highest BCUT2D eigenvalue weighted by Crippen LogP contribution is 2.23. The molecule has 0 aromatic heterocycles. The molecule has 13 heteroatoms. The average molecular weight is 426 g/mol. The molecule has 0 bridgehead atoms. The lowest BCUT2D eigenvalue weighted by Crippen LogP contribution is -2.54. The van der Waals surface area contributed by atoms with Crippen LogP contribution in [0.5, 0.6) is 5.75 Å². The highest BCUT2D eigenvalue weighted by atomic mass is 32.2. The van der Waals surface area contributed by atoms with E-state index in [0.29, 0.717) is 11.5 Å². The minimum absolute atomic E-state index is 0.00364. The Morgan fingerprint density at radius 2 is 2.00 bits per heavy atom. The molecular weight excluding hydrogens is 404 g/mol. The number of nitrogens with one attached hydrogen (secondary N) is 2. The van der Waals surface area contributed by atoms with Crippen molar-refractivity contribution in [2.24, 2.45) is 15.1 Å². The monoisotopic (exact) mass is 426 g/mol. The number of rotatable bonds is 7.